The summed E-state index contributed by atoms with van der Waals surface area (Å²) in [6.45, 7) is 3.69. The number of aromatic nitrogens is 1. The molecule has 196 valence electrons. The van der Waals surface area contributed by atoms with Gasteiger partial charge in [-0.25, -0.2) is 14.0 Å². The summed E-state index contributed by atoms with van der Waals surface area (Å²) in [5.41, 5.74) is 1.87. The minimum atomic E-state index is -0.736. The SMILES string of the molecule is CCOC(=O)c1c(OCc2ccccc2)c(OCc2ccccc2)c(C(=O)OCC)n1-c1ccc(F)cc1. The zero-order chi connectivity index (χ0) is 26.9. The van der Waals surface area contributed by atoms with Crippen molar-refractivity contribution in [2.75, 3.05) is 13.2 Å². The standard InChI is InChI=1S/C30H28FNO6/c1-3-35-29(33)25-27(37-19-21-11-7-5-8-12-21)28(38-20-22-13-9-6-10-14-22)26(30(34)36-4-2)32(25)24-17-15-23(31)16-18-24/h5-18H,3-4,19-20H2,1-2H3. The first-order chi connectivity index (χ1) is 18.5. The summed E-state index contributed by atoms with van der Waals surface area (Å²) in [6.07, 6.45) is 0. The molecule has 0 saturated carbocycles. The third-order valence-corrected chi connectivity index (χ3v) is 5.56. The van der Waals surface area contributed by atoms with Gasteiger partial charge in [-0.05, 0) is 49.2 Å². The minimum absolute atomic E-state index is 0.0237. The molecule has 0 aliphatic rings. The maximum Gasteiger partial charge on any atom is 0.359 e. The highest BCUT2D eigenvalue weighted by Gasteiger charge is 2.36. The molecule has 0 bridgehead atoms. The van der Waals surface area contributed by atoms with Crippen molar-refractivity contribution in [3.8, 4) is 17.2 Å². The molecule has 0 unspecified atom stereocenters. The van der Waals surface area contributed by atoms with Gasteiger partial charge in [-0.1, -0.05) is 60.7 Å². The Morgan fingerprint density at radius 1 is 0.658 bits per heavy atom. The molecule has 0 amide bonds. The van der Waals surface area contributed by atoms with Crippen LogP contribution in [0.5, 0.6) is 11.5 Å². The van der Waals surface area contributed by atoms with E-state index in [1.807, 2.05) is 60.7 Å². The van der Waals surface area contributed by atoms with Gasteiger partial charge < -0.3 is 18.9 Å². The second kappa shape index (κ2) is 12.6. The fourth-order valence-corrected chi connectivity index (χ4v) is 3.87. The monoisotopic (exact) mass is 517 g/mol. The molecule has 0 aliphatic heterocycles. The summed E-state index contributed by atoms with van der Waals surface area (Å²) < 4.78 is 38.2. The van der Waals surface area contributed by atoms with Crippen molar-refractivity contribution < 1.29 is 32.9 Å². The van der Waals surface area contributed by atoms with Crippen molar-refractivity contribution in [1.29, 1.82) is 0 Å². The Bertz CT molecular complexity index is 1280. The molecule has 0 radical (unpaired) electrons. The van der Waals surface area contributed by atoms with Crippen LogP contribution in [0.15, 0.2) is 84.9 Å². The highest BCUT2D eigenvalue weighted by molar-refractivity contribution is 6.01. The first-order valence-electron chi connectivity index (χ1n) is 12.3. The van der Waals surface area contributed by atoms with E-state index < -0.39 is 17.8 Å². The molecular weight excluding hydrogens is 489 g/mol. The lowest BCUT2D eigenvalue weighted by Crippen LogP contribution is -2.17. The number of halogens is 1. The number of nitrogens with zero attached hydrogens (tertiary/aromatic N) is 1. The Labute approximate surface area is 220 Å². The number of ether oxygens (including phenoxy) is 4. The number of hydrogen-bond donors (Lipinski definition) is 0. The van der Waals surface area contributed by atoms with E-state index in [4.69, 9.17) is 18.9 Å². The third kappa shape index (κ3) is 6.03. The van der Waals surface area contributed by atoms with Gasteiger partial charge in [-0.15, -0.1) is 0 Å². The van der Waals surface area contributed by atoms with E-state index in [2.05, 4.69) is 0 Å². The first kappa shape index (κ1) is 26.5. The lowest BCUT2D eigenvalue weighted by Gasteiger charge is -2.13. The predicted octanol–water partition coefficient (Wildman–Crippen LogP) is 6.13. The number of benzene rings is 3. The highest BCUT2D eigenvalue weighted by atomic mass is 19.1. The van der Waals surface area contributed by atoms with Crippen molar-refractivity contribution >= 4 is 11.9 Å². The molecule has 1 heterocycles. The number of hydrogen-bond acceptors (Lipinski definition) is 6. The highest BCUT2D eigenvalue weighted by Crippen LogP contribution is 2.42. The fraction of sp³-hybridized carbons (Fsp3) is 0.200. The van der Waals surface area contributed by atoms with Crippen molar-refractivity contribution in [3.63, 3.8) is 0 Å². The Hall–Kier alpha value is -4.59. The van der Waals surface area contributed by atoms with Gasteiger partial charge in [0.25, 0.3) is 0 Å². The van der Waals surface area contributed by atoms with Crippen molar-refractivity contribution in [3.05, 3.63) is 113 Å². The van der Waals surface area contributed by atoms with Crippen molar-refractivity contribution in [2.45, 2.75) is 27.1 Å². The molecule has 7 nitrogen and oxygen atoms in total. The summed E-state index contributed by atoms with van der Waals surface area (Å²) in [4.78, 5) is 26.7. The Kier molecular flexibility index (Phi) is 8.77. The van der Waals surface area contributed by atoms with Gasteiger partial charge in [0.2, 0.25) is 0 Å². The van der Waals surface area contributed by atoms with Gasteiger partial charge in [0.05, 0.1) is 13.2 Å². The molecular formula is C30H28FNO6. The largest absolute Gasteiger partial charge is 0.483 e. The van der Waals surface area contributed by atoms with Crippen LogP contribution in [0.4, 0.5) is 4.39 Å². The van der Waals surface area contributed by atoms with E-state index in [0.717, 1.165) is 11.1 Å². The maximum atomic E-state index is 13.8. The van der Waals surface area contributed by atoms with Gasteiger partial charge in [0, 0.05) is 5.69 Å². The molecule has 1 aromatic heterocycles. The molecule has 0 fully saturated rings. The third-order valence-electron chi connectivity index (χ3n) is 5.56. The first-order valence-corrected chi connectivity index (χ1v) is 12.3. The van der Waals surface area contributed by atoms with Gasteiger partial charge in [-0.3, -0.25) is 4.57 Å². The molecule has 0 aliphatic carbocycles. The van der Waals surface area contributed by atoms with Crippen LogP contribution < -0.4 is 9.47 Å². The van der Waals surface area contributed by atoms with Gasteiger partial charge >= 0.3 is 11.9 Å². The van der Waals surface area contributed by atoms with Gasteiger partial charge in [0.15, 0.2) is 22.9 Å². The summed E-state index contributed by atoms with van der Waals surface area (Å²) in [5.74, 6) is -1.90. The predicted molar refractivity (Wildman–Crippen MR) is 139 cm³/mol. The van der Waals surface area contributed by atoms with Crippen LogP contribution >= 0.6 is 0 Å². The quantitative estimate of drug-likeness (QED) is 0.223. The lowest BCUT2D eigenvalue weighted by atomic mass is 10.2. The van der Waals surface area contributed by atoms with Gasteiger partial charge in [0.1, 0.15) is 19.0 Å². The second-order valence-corrected chi connectivity index (χ2v) is 8.16. The van der Waals surface area contributed by atoms with E-state index in [9.17, 15) is 14.0 Å². The summed E-state index contributed by atoms with van der Waals surface area (Å²) in [7, 11) is 0. The molecule has 4 rings (SSSR count). The zero-order valence-electron chi connectivity index (χ0n) is 21.2. The minimum Gasteiger partial charge on any atom is -0.483 e. The Morgan fingerprint density at radius 3 is 1.47 bits per heavy atom. The molecule has 4 aromatic rings. The van der Waals surface area contributed by atoms with Gasteiger partial charge in [-0.2, -0.15) is 0 Å². The second-order valence-electron chi connectivity index (χ2n) is 8.16. The molecule has 0 spiro atoms. The van der Waals surface area contributed by atoms with E-state index in [0.29, 0.717) is 5.69 Å². The molecule has 8 heteroatoms. The van der Waals surface area contributed by atoms with Crippen LogP contribution in [-0.4, -0.2) is 29.7 Å². The van der Waals surface area contributed by atoms with E-state index in [-0.39, 0.29) is 49.3 Å². The maximum absolute atomic E-state index is 13.8. The van der Waals surface area contributed by atoms with Crippen LogP contribution in [-0.2, 0) is 22.7 Å². The Balaban J connectivity index is 1.94. The van der Waals surface area contributed by atoms with Crippen LogP contribution in [0.1, 0.15) is 46.0 Å². The average Bonchev–Trinajstić information content (AvgIpc) is 3.26. The smallest absolute Gasteiger partial charge is 0.359 e. The van der Waals surface area contributed by atoms with E-state index >= 15 is 0 Å². The number of esters is 2. The number of carbonyl (C=O) groups excluding carboxylic acids is 2. The van der Waals surface area contributed by atoms with Crippen LogP contribution in [0.3, 0.4) is 0 Å². The summed E-state index contributed by atoms with van der Waals surface area (Å²) in [6, 6.07) is 24.1. The van der Waals surface area contributed by atoms with E-state index in [1.54, 1.807) is 13.8 Å². The molecule has 0 N–H and O–H groups in total. The summed E-state index contributed by atoms with van der Waals surface area (Å²) in [5, 5.41) is 0. The average molecular weight is 518 g/mol. The van der Waals surface area contributed by atoms with Crippen molar-refractivity contribution in [2.24, 2.45) is 0 Å². The lowest BCUT2D eigenvalue weighted by molar-refractivity contribution is 0.0506. The van der Waals surface area contributed by atoms with Crippen LogP contribution in [0, 0.1) is 5.82 Å². The zero-order valence-corrected chi connectivity index (χ0v) is 21.2. The van der Waals surface area contributed by atoms with Crippen molar-refractivity contribution in [1.82, 2.24) is 4.57 Å². The van der Waals surface area contributed by atoms with Crippen LogP contribution in [0.2, 0.25) is 0 Å². The van der Waals surface area contributed by atoms with Crippen LogP contribution in [0.25, 0.3) is 5.69 Å². The number of carbonyl (C=O) groups is 2. The fourth-order valence-electron chi connectivity index (χ4n) is 3.87. The van der Waals surface area contributed by atoms with E-state index in [1.165, 1.54) is 28.8 Å². The Morgan fingerprint density at radius 2 is 1.08 bits per heavy atom. The molecule has 0 saturated heterocycles. The molecule has 38 heavy (non-hydrogen) atoms. The normalized spacial score (nSPS) is 10.6. The number of rotatable bonds is 11. The molecule has 3 aromatic carbocycles. The topological polar surface area (TPSA) is 76.0 Å². The molecule has 0 atom stereocenters. The summed E-state index contributed by atoms with van der Waals surface area (Å²) >= 11 is 0.